The van der Waals surface area contributed by atoms with Gasteiger partial charge in [0.25, 0.3) is 0 Å². The minimum Gasteiger partial charge on any atom is -0.480 e. The summed E-state index contributed by atoms with van der Waals surface area (Å²) in [5.41, 5.74) is 5.97. The highest BCUT2D eigenvalue weighted by molar-refractivity contribution is 7.98. The average Bonchev–Trinajstić information content (AvgIpc) is 2.75. The van der Waals surface area contributed by atoms with Crippen LogP contribution in [0.25, 0.3) is 0 Å². The van der Waals surface area contributed by atoms with E-state index in [1.807, 2.05) is 27.0 Å². The van der Waals surface area contributed by atoms with Crippen LogP contribution in [0.2, 0.25) is 0 Å². The van der Waals surface area contributed by atoms with E-state index in [2.05, 4.69) is 16.0 Å². The Hall–Kier alpha value is -1.85. The van der Waals surface area contributed by atoms with Gasteiger partial charge >= 0.3 is 5.97 Å². The fourth-order valence-corrected chi connectivity index (χ4v) is 3.16. The fraction of sp³-hybridized carbons (Fsp3) is 0.800. The summed E-state index contributed by atoms with van der Waals surface area (Å²) in [7, 11) is 0. The van der Waals surface area contributed by atoms with Gasteiger partial charge in [-0.15, -0.1) is 0 Å². The van der Waals surface area contributed by atoms with Crippen LogP contribution in [0.4, 0.5) is 0 Å². The second kappa shape index (κ2) is 15.0. The molecule has 0 aromatic carbocycles. The molecule has 31 heavy (non-hydrogen) atoms. The number of rotatable bonds is 15. The molecule has 11 heteroatoms. The first kappa shape index (κ1) is 29.1. The largest absolute Gasteiger partial charge is 0.480 e. The number of aliphatic hydroxyl groups is 1. The highest BCUT2D eigenvalue weighted by Gasteiger charge is 2.32. The van der Waals surface area contributed by atoms with Crippen LogP contribution in [0, 0.1) is 11.8 Å². The number of carboxylic acid groups (broad SMARTS) is 1. The first-order valence-electron chi connectivity index (χ1n) is 10.5. The highest BCUT2D eigenvalue weighted by Crippen LogP contribution is 2.11. The summed E-state index contributed by atoms with van der Waals surface area (Å²) in [6, 6.07) is -4.15. The summed E-state index contributed by atoms with van der Waals surface area (Å²) < 4.78 is 0. The maximum atomic E-state index is 12.9. The van der Waals surface area contributed by atoms with E-state index in [-0.39, 0.29) is 11.8 Å². The summed E-state index contributed by atoms with van der Waals surface area (Å²) in [6.45, 7) is 6.57. The molecule has 0 aliphatic rings. The van der Waals surface area contributed by atoms with E-state index >= 15 is 0 Å². The number of carbonyl (C=O) groups excluding carboxylic acids is 3. The Morgan fingerprint density at radius 2 is 1.45 bits per heavy atom. The Morgan fingerprint density at radius 3 is 1.90 bits per heavy atom. The van der Waals surface area contributed by atoms with Crippen molar-refractivity contribution in [3.63, 3.8) is 0 Å². The molecule has 180 valence electrons. The first-order chi connectivity index (χ1) is 14.5. The number of aliphatic carboxylic acids is 1. The van der Waals surface area contributed by atoms with E-state index in [4.69, 9.17) is 15.9 Å². The molecular formula is C20H38N4O6S. The van der Waals surface area contributed by atoms with Crippen molar-refractivity contribution in [1.29, 1.82) is 0 Å². The topological polar surface area (TPSA) is 171 Å². The number of aliphatic hydroxyl groups excluding tert-OH is 1. The van der Waals surface area contributed by atoms with Crippen molar-refractivity contribution < 1.29 is 29.4 Å². The molecule has 0 bridgehead atoms. The predicted molar refractivity (Wildman–Crippen MR) is 120 cm³/mol. The van der Waals surface area contributed by atoms with Gasteiger partial charge < -0.3 is 31.9 Å². The van der Waals surface area contributed by atoms with E-state index in [0.717, 1.165) is 0 Å². The van der Waals surface area contributed by atoms with E-state index in [0.29, 0.717) is 25.0 Å². The molecule has 0 saturated carbocycles. The third-order valence-electron chi connectivity index (χ3n) is 5.39. The molecule has 0 saturated heterocycles. The summed E-state index contributed by atoms with van der Waals surface area (Å²) in [4.78, 5) is 49.2. The minimum atomic E-state index is -1.48. The molecule has 0 rings (SSSR count). The van der Waals surface area contributed by atoms with Gasteiger partial charge in [-0.1, -0.05) is 40.5 Å². The second-order valence-corrected chi connectivity index (χ2v) is 8.69. The molecule has 0 aliphatic carbocycles. The lowest BCUT2D eigenvalue weighted by Gasteiger charge is -2.28. The number of carboxylic acids is 1. The highest BCUT2D eigenvalue weighted by atomic mass is 32.2. The zero-order chi connectivity index (χ0) is 24.1. The normalized spacial score (nSPS) is 16.9. The zero-order valence-electron chi connectivity index (χ0n) is 19.0. The molecule has 0 aromatic heterocycles. The van der Waals surface area contributed by atoms with Crippen LogP contribution >= 0.6 is 11.8 Å². The number of nitrogens with one attached hydrogen (secondary N) is 3. The van der Waals surface area contributed by atoms with Crippen molar-refractivity contribution in [3.8, 4) is 0 Å². The van der Waals surface area contributed by atoms with E-state index in [1.54, 1.807) is 6.92 Å². The maximum Gasteiger partial charge on any atom is 0.328 e. The van der Waals surface area contributed by atoms with Crippen molar-refractivity contribution in [1.82, 2.24) is 16.0 Å². The lowest BCUT2D eigenvalue weighted by atomic mass is 9.97. The monoisotopic (exact) mass is 462 g/mol. The molecule has 6 unspecified atom stereocenters. The predicted octanol–water partition coefficient (Wildman–Crippen LogP) is -0.310. The smallest absolute Gasteiger partial charge is 0.328 e. The Labute approximate surface area is 188 Å². The molecule has 0 aliphatic heterocycles. The van der Waals surface area contributed by atoms with Gasteiger partial charge in [0.05, 0.1) is 12.6 Å². The van der Waals surface area contributed by atoms with Crippen molar-refractivity contribution >= 4 is 35.5 Å². The fourth-order valence-electron chi connectivity index (χ4n) is 2.69. The van der Waals surface area contributed by atoms with Gasteiger partial charge in [-0.05, 0) is 30.3 Å². The Balaban J connectivity index is 5.46. The second-order valence-electron chi connectivity index (χ2n) is 7.71. The van der Waals surface area contributed by atoms with Gasteiger partial charge in [-0.25, -0.2) is 4.79 Å². The molecular weight excluding hydrogens is 424 g/mol. The third kappa shape index (κ3) is 9.88. The summed E-state index contributed by atoms with van der Waals surface area (Å²) in [6.07, 6.45) is 3.46. The van der Waals surface area contributed by atoms with Gasteiger partial charge in [0, 0.05) is 0 Å². The molecule has 0 heterocycles. The number of carbonyl (C=O) groups is 4. The van der Waals surface area contributed by atoms with E-state index in [1.165, 1.54) is 11.8 Å². The number of hydrogen-bond acceptors (Lipinski definition) is 7. The number of hydrogen-bond donors (Lipinski definition) is 6. The molecule has 0 spiro atoms. The summed E-state index contributed by atoms with van der Waals surface area (Å²) >= 11 is 1.51. The van der Waals surface area contributed by atoms with Crippen molar-refractivity contribution in [2.24, 2.45) is 17.6 Å². The quantitative estimate of drug-likeness (QED) is 0.192. The SMILES string of the molecule is CCC(C)C(N)C(=O)NC(CCSC)C(=O)NC(C(=O)NC(CO)C(=O)O)C(C)CC. The van der Waals surface area contributed by atoms with Gasteiger partial charge in [-0.2, -0.15) is 11.8 Å². The summed E-state index contributed by atoms with van der Waals surface area (Å²) in [5, 5.41) is 25.8. The number of nitrogens with two attached hydrogens (primary N) is 1. The average molecular weight is 463 g/mol. The van der Waals surface area contributed by atoms with Gasteiger partial charge in [0.2, 0.25) is 17.7 Å². The van der Waals surface area contributed by atoms with Gasteiger partial charge in [0.15, 0.2) is 0 Å². The van der Waals surface area contributed by atoms with Crippen LogP contribution in [-0.2, 0) is 19.2 Å². The lowest BCUT2D eigenvalue weighted by Crippen LogP contribution is -2.59. The van der Waals surface area contributed by atoms with Crippen molar-refractivity contribution in [2.75, 3.05) is 18.6 Å². The lowest BCUT2D eigenvalue weighted by molar-refractivity contribution is -0.143. The number of amides is 3. The van der Waals surface area contributed by atoms with Gasteiger partial charge in [-0.3, -0.25) is 14.4 Å². The maximum absolute atomic E-state index is 12.9. The molecule has 10 nitrogen and oxygen atoms in total. The Morgan fingerprint density at radius 1 is 0.903 bits per heavy atom. The van der Waals surface area contributed by atoms with Crippen LogP contribution in [-0.4, -0.2) is 76.7 Å². The Kier molecular flexibility index (Phi) is 14.1. The van der Waals surface area contributed by atoms with Crippen LogP contribution in [0.15, 0.2) is 0 Å². The Bertz CT molecular complexity index is 606. The van der Waals surface area contributed by atoms with Crippen molar-refractivity contribution in [3.05, 3.63) is 0 Å². The molecule has 0 aromatic rings. The van der Waals surface area contributed by atoms with Crippen molar-refractivity contribution in [2.45, 2.75) is 71.1 Å². The molecule has 0 fully saturated rings. The minimum absolute atomic E-state index is 0.0608. The molecule has 0 radical (unpaired) electrons. The molecule has 6 atom stereocenters. The van der Waals surface area contributed by atoms with Crippen LogP contribution < -0.4 is 21.7 Å². The van der Waals surface area contributed by atoms with E-state index in [9.17, 15) is 19.2 Å². The molecule has 7 N–H and O–H groups in total. The van der Waals surface area contributed by atoms with Gasteiger partial charge in [0.1, 0.15) is 18.1 Å². The van der Waals surface area contributed by atoms with E-state index < -0.39 is 54.5 Å². The number of thioether (sulfide) groups is 1. The zero-order valence-corrected chi connectivity index (χ0v) is 19.8. The summed E-state index contributed by atoms with van der Waals surface area (Å²) in [5.74, 6) is -2.85. The first-order valence-corrected chi connectivity index (χ1v) is 11.9. The van der Waals surface area contributed by atoms with Crippen LogP contribution in [0.5, 0.6) is 0 Å². The standard InChI is InChI=1S/C20H38N4O6S/c1-6-11(3)15(21)18(27)22-13(8-9-31-5)17(26)24-16(12(4)7-2)19(28)23-14(10-25)20(29)30/h11-16,25H,6-10,21H2,1-5H3,(H,22,27)(H,23,28)(H,24,26)(H,29,30). The van der Waals surface area contributed by atoms with Crippen LogP contribution in [0.3, 0.4) is 0 Å². The van der Waals surface area contributed by atoms with Crippen LogP contribution in [0.1, 0.15) is 47.0 Å². The third-order valence-corrected chi connectivity index (χ3v) is 6.04. The molecule has 3 amide bonds.